The van der Waals surface area contributed by atoms with Gasteiger partial charge in [-0.2, -0.15) is 0 Å². The van der Waals surface area contributed by atoms with Gasteiger partial charge in [0.05, 0.1) is 11.1 Å². The van der Waals surface area contributed by atoms with Crippen molar-refractivity contribution in [2.45, 2.75) is 25.2 Å². The number of pyridine rings is 1. The van der Waals surface area contributed by atoms with Gasteiger partial charge in [0.25, 0.3) is 0 Å². The molecule has 6 heteroatoms. The number of benzene rings is 2. The van der Waals surface area contributed by atoms with Crippen LogP contribution in [0, 0.1) is 10.6 Å². The molecule has 5 rings (SSSR count). The van der Waals surface area contributed by atoms with E-state index in [0.717, 1.165) is 24.0 Å². The van der Waals surface area contributed by atoms with E-state index in [1.165, 1.54) is 23.1 Å². The molecule has 1 N–H and O–H groups in total. The fraction of sp³-hybridized carbons (Fsp3) is 0.304. The maximum atomic E-state index is 11.5. The first-order chi connectivity index (χ1) is 13.6. The molecule has 2 aromatic carbocycles. The number of hydrogen-bond donors (Lipinski definition) is 1. The number of carboxylic acids is 1. The predicted molar refractivity (Wildman–Crippen MR) is 108 cm³/mol. The average Bonchev–Trinajstić information content (AvgIpc) is 3.43. The zero-order valence-corrected chi connectivity index (χ0v) is 19.6. The van der Waals surface area contributed by atoms with Gasteiger partial charge in [-0.15, -0.1) is 0 Å². The van der Waals surface area contributed by atoms with E-state index in [9.17, 15) is 15.1 Å². The fourth-order valence-corrected chi connectivity index (χ4v) is 4.73. The molecule has 2 aliphatic rings. The van der Waals surface area contributed by atoms with Crippen LogP contribution in [0.3, 0.4) is 0 Å². The second-order valence-corrected chi connectivity index (χ2v) is 8.07. The van der Waals surface area contributed by atoms with E-state index >= 15 is 0 Å². The maximum Gasteiger partial charge on any atom is 1.00 e. The topological polar surface area (TPSA) is 76.5 Å². The smallest absolute Gasteiger partial charge is 0.785 e. The van der Waals surface area contributed by atoms with Crippen LogP contribution < -0.4 is 51.4 Å². The summed E-state index contributed by atoms with van der Waals surface area (Å²) in [6.07, 6.45) is 4.74. The van der Waals surface area contributed by atoms with Crippen LogP contribution in [0.5, 0.6) is 0 Å². The molecule has 142 valence electrons. The number of hydroxylamine groups is 2. The van der Waals surface area contributed by atoms with Crippen molar-refractivity contribution in [3.8, 4) is 11.1 Å². The zero-order chi connectivity index (χ0) is 19.3. The van der Waals surface area contributed by atoms with Gasteiger partial charge in [0, 0.05) is 11.6 Å². The molecule has 0 amide bonds. The molecule has 3 aromatic rings. The minimum atomic E-state index is -0.939. The molecule has 1 aliphatic heterocycles. The van der Waals surface area contributed by atoms with Crippen molar-refractivity contribution in [2.75, 3.05) is 13.1 Å². The van der Waals surface area contributed by atoms with Crippen molar-refractivity contribution in [1.82, 2.24) is 10.0 Å². The van der Waals surface area contributed by atoms with E-state index in [2.05, 4.69) is 29.2 Å². The Morgan fingerprint density at radius 3 is 2.45 bits per heavy atom. The first kappa shape index (κ1) is 21.1. The molecule has 0 radical (unpaired) electrons. The second-order valence-electron chi connectivity index (χ2n) is 8.07. The Morgan fingerprint density at radius 1 is 1.07 bits per heavy atom. The SMILES string of the molecule is O=C(O)c1ccnc2cc(-c3ccc(C4CC45CCN([O-])CC5)cc3)ccc12.[K+]. The van der Waals surface area contributed by atoms with Crippen molar-refractivity contribution in [3.63, 3.8) is 0 Å². The molecule has 1 saturated carbocycles. The van der Waals surface area contributed by atoms with Gasteiger partial charge in [0.2, 0.25) is 0 Å². The number of carboxylic acid groups (broad SMARTS) is 1. The third-order valence-electron chi connectivity index (χ3n) is 6.53. The van der Waals surface area contributed by atoms with E-state index in [0.29, 0.717) is 35.3 Å². The summed E-state index contributed by atoms with van der Waals surface area (Å²) in [5.74, 6) is -0.364. The van der Waals surface area contributed by atoms with Crippen LogP contribution in [0.1, 0.15) is 41.1 Å². The summed E-state index contributed by atoms with van der Waals surface area (Å²) in [6.45, 7) is 1.33. The van der Waals surface area contributed by atoms with Crippen LogP contribution in [0.25, 0.3) is 22.0 Å². The first-order valence-corrected chi connectivity index (χ1v) is 9.70. The van der Waals surface area contributed by atoms with E-state index in [4.69, 9.17) is 0 Å². The number of piperidine rings is 1. The number of carbonyl (C=O) groups is 1. The molecule has 2 fully saturated rings. The van der Waals surface area contributed by atoms with Gasteiger partial charge in [-0.25, -0.2) is 4.79 Å². The zero-order valence-electron chi connectivity index (χ0n) is 16.5. The number of fused-ring (bicyclic) bond motifs is 1. The van der Waals surface area contributed by atoms with Crippen LogP contribution in [-0.2, 0) is 0 Å². The van der Waals surface area contributed by atoms with Crippen LogP contribution in [-0.4, -0.2) is 34.2 Å². The number of aromatic nitrogens is 1. The molecule has 29 heavy (non-hydrogen) atoms. The number of rotatable bonds is 3. The summed E-state index contributed by atoms with van der Waals surface area (Å²) in [7, 11) is 0. The first-order valence-electron chi connectivity index (χ1n) is 9.70. The Morgan fingerprint density at radius 2 is 1.76 bits per heavy atom. The van der Waals surface area contributed by atoms with Crippen molar-refractivity contribution in [3.05, 3.63) is 71.1 Å². The van der Waals surface area contributed by atoms with E-state index in [1.807, 2.05) is 18.2 Å². The van der Waals surface area contributed by atoms with Gasteiger partial charge in [-0.05, 0) is 72.5 Å². The Balaban J connectivity index is 0.00000205. The van der Waals surface area contributed by atoms with E-state index in [-0.39, 0.29) is 56.9 Å². The van der Waals surface area contributed by atoms with Crippen LogP contribution in [0.4, 0.5) is 0 Å². The molecular formula is C23H21KN2O3. The third-order valence-corrected chi connectivity index (χ3v) is 6.53. The van der Waals surface area contributed by atoms with Gasteiger partial charge in [0.1, 0.15) is 0 Å². The van der Waals surface area contributed by atoms with Crippen molar-refractivity contribution in [2.24, 2.45) is 5.41 Å². The van der Waals surface area contributed by atoms with Gasteiger partial charge in [-0.1, -0.05) is 36.4 Å². The summed E-state index contributed by atoms with van der Waals surface area (Å²) < 4.78 is 0. The van der Waals surface area contributed by atoms with Crippen molar-refractivity contribution < 1.29 is 61.3 Å². The van der Waals surface area contributed by atoms with E-state index in [1.54, 1.807) is 6.20 Å². The van der Waals surface area contributed by atoms with Crippen molar-refractivity contribution >= 4 is 16.9 Å². The molecule has 1 spiro atoms. The quantitative estimate of drug-likeness (QED) is 0.663. The minimum absolute atomic E-state index is 0. The third kappa shape index (κ3) is 3.95. The molecule has 1 unspecified atom stereocenters. The predicted octanol–water partition coefficient (Wildman–Crippen LogP) is 1.67. The van der Waals surface area contributed by atoms with Crippen LogP contribution >= 0.6 is 0 Å². The van der Waals surface area contributed by atoms with Crippen LogP contribution in [0.15, 0.2) is 54.7 Å². The van der Waals surface area contributed by atoms with Gasteiger partial charge >= 0.3 is 57.4 Å². The summed E-state index contributed by atoms with van der Waals surface area (Å²) in [5, 5.41) is 22.6. The average molecular weight is 413 g/mol. The normalized spacial score (nSPS) is 20.4. The fourth-order valence-electron chi connectivity index (χ4n) is 4.73. The Kier molecular flexibility index (Phi) is 5.96. The van der Waals surface area contributed by atoms with E-state index < -0.39 is 5.97 Å². The van der Waals surface area contributed by atoms with Gasteiger partial charge in [0.15, 0.2) is 0 Å². The van der Waals surface area contributed by atoms with Crippen molar-refractivity contribution in [1.29, 1.82) is 0 Å². The summed E-state index contributed by atoms with van der Waals surface area (Å²) in [4.78, 5) is 15.7. The largest absolute Gasteiger partial charge is 1.00 e. The molecular weight excluding hydrogens is 391 g/mol. The Labute approximate surface area is 212 Å². The molecule has 1 saturated heterocycles. The summed E-state index contributed by atoms with van der Waals surface area (Å²) in [6, 6.07) is 15.9. The molecule has 1 aliphatic carbocycles. The molecule has 5 nitrogen and oxygen atoms in total. The number of aromatic carboxylic acids is 1. The number of nitrogens with zero attached hydrogens (tertiary/aromatic N) is 2. The molecule has 2 heterocycles. The monoisotopic (exact) mass is 412 g/mol. The molecule has 1 atom stereocenters. The number of hydrogen-bond acceptors (Lipinski definition) is 4. The maximum absolute atomic E-state index is 11.5. The Hall–Kier alpha value is -1.12. The summed E-state index contributed by atoms with van der Waals surface area (Å²) in [5.41, 5.74) is 4.79. The van der Waals surface area contributed by atoms with Gasteiger partial charge < -0.3 is 15.4 Å². The molecule has 1 aromatic heterocycles. The minimum Gasteiger partial charge on any atom is -0.785 e. The Bertz CT molecular complexity index is 1060. The standard InChI is InChI=1S/C23H21N2O3.K/c26-22(27)19-7-10-24-21-13-17(5-6-18(19)21)15-1-3-16(4-2-15)20-14-23(20)8-11-25(28)12-9-23;/h1-7,10,13,20H,8-9,11-12,14H2,(H,26,27);/q-1;+1. The summed E-state index contributed by atoms with van der Waals surface area (Å²) >= 11 is 0. The van der Waals surface area contributed by atoms with Crippen LogP contribution in [0.2, 0.25) is 0 Å². The molecule has 0 bridgehead atoms. The van der Waals surface area contributed by atoms with Gasteiger partial charge in [-0.3, -0.25) is 4.98 Å². The second kappa shape index (κ2) is 8.19.